The molecule has 1 atom stereocenters. The number of benzene rings is 1. The summed E-state index contributed by atoms with van der Waals surface area (Å²) in [4.78, 5) is 22.0. The van der Waals surface area contributed by atoms with Gasteiger partial charge in [-0.1, -0.05) is 24.3 Å². The third-order valence-electron chi connectivity index (χ3n) is 6.33. The van der Waals surface area contributed by atoms with E-state index in [4.69, 9.17) is 0 Å². The molecule has 0 radical (unpaired) electrons. The predicted molar refractivity (Wildman–Crippen MR) is 118 cm³/mol. The Morgan fingerprint density at radius 1 is 1.03 bits per heavy atom. The zero-order chi connectivity index (χ0) is 18.2. The van der Waals surface area contributed by atoms with Crippen LogP contribution in [0.1, 0.15) is 33.9 Å². The fraction of sp³-hybridized carbons (Fsp3) is 0.524. The summed E-state index contributed by atoms with van der Waals surface area (Å²) in [5.41, 5.74) is 3.62. The van der Waals surface area contributed by atoms with Crippen molar-refractivity contribution in [1.29, 1.82) is 0 Å². The van der Waals surface area contributed by atoms with E-state index in [1.165, 1.54) is 24.0 Å². The van der Waals surface area contributed by atoms with Gasteiger partial charge in [0.1, 0.15) is 11.5 Å². The number of nitrogens with one attached hydrogen (secondary N) is 1. The lowest BCUT2D eigenvalue weighted by Gasteiger charge is -2.41. The quantitative estimate of drug-likeness (QED) is 0.781. The lowest BCUT2D eigenvalue weighted by molar-refractivity contribution is 0.0548. The van der Waals surface area contributed by atoms with Crippen LogP contribution in [0.25, 0.3) is 0 Å². The predicted octanol–water partition coefficient (Wildman–Crippen LogP) is 2.15. The number of hydrogen-bond acceptors (Lipinski definition) is 4. The number of fused-ring (bicyclic) bond motifs is 2. The fourth-order valence-electron chi connectivity index (χ4n) is 4.73. The van der Waals surface area contributed by atoms with E-state index in [0.717, 1.165) is 58.1 Å². The first-order chi connectivity index (χ1) is 13.3. The maximum atomic E-state index is 12.9. The molecule has 3 heterocycles. The number of carbonyl (C=O) groups is 1. The largest absolute Gasteiger partial charge is 0.335 e. The van der Waals surface area contributed by atoms with Crippen molar-refractivity contribution in [2.75, 3.05) is 32.7 Å². The number of amides is 1. The van der Waals surface area contributed by atoms with Crippen molar-refractivity contribution in [3.8, 4) is 0 Å². The molecule has 5 rings (SSSR count). The molecule has 29 heavy (non-hydrogen) atoms. The van der Waals surface area contributed by atoms with Crippen molar-refractivity contribution >= 4 is 30.7 Å². The maximum Gasteiger partial charge on any atom is 0.274 e. The highest BCUT2D eigenvalue weighted by molar-refractivity contribution is 5.92. The minimum Gasteiger partial charge on any atom is -0.335 e. The van der Waals surface area contributed by atoms with Crippen molar-refractivity contribution < 1.29 is 4.79 Å². The highest BCUT2D eigenvalue weighted by atomic mass is 35.5. The van der Waals surface area contributed by atoms with Crippen molar-refractivity contribution in [3.05, 3.63) is 53.1 Å². The summed E-state index contributed by atoms with van der Waals surface area (Å²) in [6.07, 6.45) is 5.48. The minimum atomic E-state index is 0. The van der Waals surface area contributed by atoms with Crippen LogP contribution in [0.15, 0.2) is 30.5 Å². The minimum absolute atomic E-state index is 0. The Balaban J connectivity index is 0.00000120. The van der Waals surface area contributed by atoms with Gasteiger partial charge in [0.2, 0.25) is 0 Å². The molecule has 1 aromatic heterocycles. The second kappa shape index (κ2) is 9.47. The van der Waals surface area contributed by atoms with Gasteiger partial charge < -0.3 is 14.8 Å². The van der Waals surface area contributed by atoms with Crippen molar-refractivity contribution in [3.63, 3.8) is 0 Å². The molecule has 1 aliphatic carbocycles. The highest BCUT2D eigenvalue weighted by Gasteiger charge is 2.30. The SMILES string of the molecule is Cl.Cl.O=C(c1cn2c(n1)CNCC2)N1CCN(C2CCc3ccccc3C2)CC1. The summed E-state index contributed by atoms with van der Waals surface area (Å²) in [7, 11) is 0. The van der Waals surface area contributed by atoms with Crippen LogP contribution >= 0.6 is 24.8 Å². The summed E-state index contributed by atoms with van der Waals surface area (Å²) in [6.45, 7) is 6.13. The number of hydrogen-bond donors (Lipinski definition) is 1. The number of aryl methyl sites for hydroxylation is 1. The topological polar surface area (TPSA) is 53.4 Å². The smallest absolute Gasteiger partial charge is 0.274 e. The third-order valence-corrected chi connectivity index (χ3v) is 6.33. The van der Waals surface area contributed by atoms with Crippen LogP contribution in [0.5, 0.6) is 0 Å². The van der Waals surface area contributed by atoms with Gasteiger partial charge in [-0.2, -0.15) is 0 Å². The van der Waals surface area contributed by atoms with Gasteiger partial charge >= 0.3 is 0 Å². The van der Waals surface area contributed by atoms with Gasteiger partial charge in [-0.15, -0.1) is 24.8 Å². The van der Waals surface area contributed by atoms with E-state index in [1.807, 2.05) is 11.1 Å². The van der Waals surface area contributed by atoms with Crippen molar-refractivity contribution in [2.24, 2.45) is 0 Å². The van der Waals surface area contributed by atoms with Gasteiger partial charge in [0.05, 0.1) is 6.54 Å². The first kappa shape index (κ1) is 22.1. The fourth-order valence-corrected chi connectivity index (χ4v) is 4.73. The number of aromatic nitrogens is 2. The maximum absolute atomic E-state index is 12.9. The molecule has 8 heteroatoms. The summed E-state index contributed by atoms with van der Waals surface area (Å²) in [5.74, 6) is 1.06. The molecule has 1 N–H and O–H groups in total. The molecule has 1 unspecified atom stereocenters. The standard InChI is InChI=1S/C21H27N5O.2ClH/c27-21(19-15-26-8-7-22-14-20(26)23-19)25-11-9-24(10-12-25)18-6-5-16-3-1-2-4-17(16)13-18;;/h1-4,15,18,22H,5-14H2;2*1H. The average Bonchev–Trinajstić information content (AvgIpc) is 3.17. The molecule has 6 nitrogen and oxygen atoms in total. The van der Waals surface area contributed by atoms with Crippen LogP contribution in [0.4, 0.5) is 0 Å². The molecule has 0 bridgehead atoms. The summed E-state index contributed by atoms with van der Waals surface area (Å²) in [5, 5.41) is 3.31. The molecule has 3 aliphatic rings. The lowest BCUT2D eigenvalue weighted by atomic mass is 9.87. The summed E-state index contributed by atoms with van der Waals surface area (Å²) < 4.78 is 2.11. The van der Waals surface area contributed by atoms with Gasteiger partial charge in [0.15, 0.2) is 0 Å². The second-order valence-corrected chi connectivity index (χ2v) is 7.91. The van der Waals surface area contributed by atoms with E-state index in [1.54, 1.807) is 0 Å². The van der Waals surface area contributed by atoms with E-state index in [0.29, 0.717) is 11.7 Å². The Labute approximate surface area is 184 Å². The van der Waals surface area contributed by atoms with Crippen molar-refractivity contribution in [1.82, 2.24) is 24.7 Å². The molecule has 1 fully saturated rings. The molecule has 0 spiro atoms. The van der Waals surface area contributed by atoms with E-state index in [9.17, 15) is 4.79 Å². The lowest BCUT2D eigenvalue weighted by Crippen LogP contribution is -2.53. The molecule has 1 aromatic carbocycles. The molecule has 2 aromatic rings. The van der Waals surface area contributed by atoms with E-state index >= 15 is 0 Å². The average molecular weight is 438 g/mol. The van der Waals surface area contributed by atoms with Crippen LogP contribution in [-0.2, 0) is 25.9 Å². The zero-order valence-electron chi connectivity index (χ0n) is 16.5. The number of halogens is 2. The van der Waals surface area contributed by atoms with Gasteiger partial charge in [0, 0.05) is 51.5 Å². The van der Waals surface area contributed by atoms with Gasteiger partial charge in [0.25, 0.3) is 5.91 Å². The number of piperazine rings is 1. The van der Waals surface area contributed by atoms with E-state index in [-0.39, 0.29) is 30.7 Å². The molecular formula is C21H29Cl2N5O. The van der Waals surface area contributed by atoms with Crippen molar-refractivity contribution in [2.45, 2.75) is 38.4 Å². The summed E-state index contributed by atoms with van der Waals surface area (Å²) in [6, 6.07) is 9.45. The van der Waals surface area contributed by atoms with Gasteiger partial charge in [-0.25, -0.2) is 4.98 Å². The Morgan fingerprint density at radius 2 is 1.79 bits per heavy atom. The Bertz CT molecular complexity index is 824. The zero-order valence-corrected chi connectivity index (χ0v) is 18.2. The monoisotopic (exact) mass is 437 g/mol. The molecule has 0 saturated carbocycles. The molecule has 1 saturated heterocycles. The van der Waals surface area contributed by atoms with Gasteiger partial charge in [-0.05, 0) is 30.4 Å². The molecule has 1 amide bonds. The van der Waals surface area contributed by atoms with Crippen LogP contribution in [0.3, 0.4) is 0 Å². The number of imidazole rings is 1. The number of nitrogens with zero attached hydrogens (tertiary/aromatic N) is 4. The van der Waals surface area contributed by atoms with E-state index < -0.39 is 0 Å². The highest BCUT2D eigenvalue weighted by Crippen LogP contribution is 2.25. The number of rotatable bonds is 2. The van der Waals surface area contributed by atoms with Crippen LogP contribution in [0.2, 0.25) is 0 Å². The first-order valence-corrected chi connectivity index (χ1v) is 10.1. The normalized spacial score (nSPS) is 21.4. The molecule has 2 aliphatic heterocycles. The summed E-state index contributed by atoms with van der Waals surface area (Å²) >= 11 is 0. The third kappa shape index (κ3) is 4.45. The van der Waals surface area contributed by atoms with Crippen LogP contribution in [0, 0.1) is 0 Å². The Kier molecular flexibility index (Phi) is 7.22. The van der Waals surface area contributed by atoms with Crippen LogP contribution < -0.4 is 5.32 Å². The number of carbonyl (C=O) groups excluding carboxylic acids is 1. The van der Waals surface area contributed by atoms with Gasteiger partial charge in [-0.3, -0.25) is 9.69 Å². The Morgan fingerprint density at radius 3 is 2.55 bits per heavy atom. The van der Waals surface area contributed by atoms with Crippen LogP contribution in [-0.4, -0.2) is 64.0 Å². The molecular weight excluding hydrogens is 409 g/mol. The first-order valence-electron chi connectivity index (χ1n) is 10.1. The second-order valence-electron chi connectivity index (χ2n) is 7.91. The Hall–Kier alpha value is -1.60. The molecule has 158 valence electrons. The van der Waals surface area contributed by atoms with E-state index in [2.05, 4.69) is 44.0 Å².